The molecule has 0 atom stereocenters. The van der Waals surface area contributed by atoms with Gasteiger partial charge in [-0.25, -0.2) is 4.98 Å². The molecule has 0 radical (unpaired) electrons. The van der Waals surface area contributed by atoms with Gasteiger partial charge in [0.25, 0.3) is 11.8 Å². The van der Waals surface area contributed by atoms with Crippen LogP contribution in [0.1, 0.15) is 20.7 Å². The molecule has 4 aromatic rings. The summed E-state index contributed by atoms with van der Waals surface area (Å²) in [7, 11) is 0. The Morgan fingerprint density at radius 2 is 1.66 bits per heavy atom. The number of rotatable bonds is 4. The first kappa shape index (κ1) is 23.5. The Morgan fingerprint density at radius 1 is 0.943 bits per heavy atom. The van der Waals surface area contributed by atoms with E-state index in [1.807, 2.05) is 30.3 Å². The van der Waals surface area contributed by atoms with Crippen LogP contribution in [0.5, 0.6) is 0 Å². The summed E-state index contributed by atoms with van der Waals surface area (Å²) in [5.74, 6) is -0.304. The Bertz CT molecular complexity index is 1400. The molecule has 176 valence electrons. The van der Waals surface area contributed by atoms with Crippen LogP contribution in [0.25, 0.3) is 22.2 Å². The molecule has 1 aliphatic rings. The number of anilines is 1. The van der Waals surface area contributed by atoms with E-state index >= 15 is 0 Å². The fourth-order valence-corrected chi connectivity index (χ4v) is 4.49. The molecule has 1 aliphatic heterocycles. The van der Waals surface area contributed by atoms with Crippen molar-refractivity contribution in [2.24, 2.45) is 0 Å². The summed E-state index contributed by atoms with van der Waals surface area (Å²) < 4.78 is 6.17. The summed E-state index contributed by atoms with van der Waals surface area (Å²) >= 11 is 9.53. The van der Waals surface area contributed by atoms with E-state index in [4.69, 9.17) is 21.3 Å². The van der Waals surface area contributed by atoms with E-state index in [9.17, 15) is 9.59 Å². The maximum atomic E-state index is 13.4. The van der Waals surface area contributed by atoms with Crippen molar-refractivity contribution in [3.05, 3.63) is 93.4 Å². The summed E-state index contributed by atoms with van der Waals surface area (Å²) in [6.45, 7) is 2.26. The third kappa shape index (κ3) is 5.22. The third-order valence-corrected chi connectivity index (χ3v) is 6.59. The van der Waals surface area contributed by atoms with Gasteiger partial charge in [-0.2, -0.15) is 0 Å². The zero-order valence-corrected chi connectivity index (χ0v) is 21.0. The van der Waals surface area contributed by atoms with Crippen LogP contribution in [0.3, 0.4) is 0 Å². The maximum absolute atomic E-state index is 13.4. The smallest absolute Gasteiger partial charge is 0.256 e. The van der Waals surface area contributed by atoms with Gasteiger partial charge in [0.1, 0.15) is 0 Å². The summed E-state index contributed by atoms with van der Waals surface area (Å²) in [5, 5.41) is 4.32. The van der Waals surface area contributed by atoms with Gasteiger partial charge in [0.15, 0.2) is 0 Å². The Morgan fingerprint density at radius 3 is 2.37 bits per heavy atom. The van der Waals surface area contributed by atoms with E-state index in [0.717, 1.165) is 15.4 Å². The fourth-order valence-electron chi connectivity index (χ4n) is 4.00. The number of aromatic nitrogens is 1. The quantitative estimate of drug-likeness (QED) is 0.336. The van der Waals surface area contributed by atoms with Crippen LogP contribution in [0, 0.1) is 0 Å². The van der Waals surface area contributed by atoms with Crippen LogP contribution in [-0.4, -0.2) is 48.0 Å². The standard InChI is InChI=1S/C27H21BrClN3O3/c28-19-5-10-24-22(15-19)23(16-25(31-24)17-1-6-20(29)7-2-17)26(33)30-21-8-3-18(4-9-21)27(34)32-11-13-35-14-12-32/h1-10,15-16H,11-14H2,(H,30,33). The molecule has 2 amide bonds. The summed E-state index contributed by atoms with van der Waals surface area (Å²) in [6, 6.07) is 21.7. The van der Waals surface area contributed by atoms with Gasteiger partial charge in [0.2, 0.25) is 0 Å². The van der Waals surface area contributed by atoms with Crippen LogP contribution in [0.4, 0.5) is 5.69 Å². The number of nitrogens with one attached hydrogen (secondary N) is 1. The van der Waals surface area contributed by atoms with Gasteiger partial charge in [-0.05, 0) is 60.7 Å². The first-order chi connectivity index (χ1) is 17.0. The van der Waals surface area contributed by atoms with Crippen molar-refractivity contribution in [1.82, 2.24) is 9.88 Å². The zero-order chi connectivity index (χ0) is 24.4. The number of ether oxygens (including phenoxy) is 1. The van der Waals surface area contributed by atoms with Crippen molar-refractivity contribution < 1.29 is 14.3 Å². The van der Waals surface area contributed by atoms with Gasteiger partial charge in [0, 0.05) is 44.8 Å². The second-order valence-electron chi connectivity index (χ2n) is 8.16. The molecule has 0 spiro atoms. The lowest BCUT2D eigenvalue weighted by molar-refractivity contribution is 0.0303. The van der Waals surface area contributed by atoms with Crippen LogP contribution in [0.2, 0.25) is 5.02 Å². The minimum Gasteiger partial charge on any atom is -0.378 e. The molecule has 0 unspecified atom stereocenters. The molecule has 8 heteroatoms. The van der Waals surface area contributed by atoms with E-state index in [-0.39, 0.29) is 11.8 Å². The molecule has 1 aromatic heterocycles. The Balaban J connectivity index is 1.43. The normalized spacial score (nSPS) is 13.6. The highest BCUT2D eigenvalue weighted by Gasteiger charge is 2.19. The number of carbonyl (C=O) groups excluding carboxylic acids is 2. The number of benzene rings is 3. The van der Waals surface area contributed by atoms with Gasteiger partial charge in [0.05, 0.1) is 30.0 Å². The molecule has 0 bridgehead atoms. The van der Waals surface area contributed by atoms with E-state index in [1.165, 1.54) is 0 Å². The molecular formula is C27H21BrClN3O3. The van der Waals surface area contributed by atoms with Crippen molar-refractivity contribution in [1.29, 1.82) is 0 Å². The number of fused-ring (bicyclic) bond motifs is 1. The average molecular weight is 551 g/mol. The molecule has 0 saturated carbocycles. The summed E-state index contributed by atoms with van der Waals surface area (Å²) in [4.78, 5) is 32.6. The van der Waals surface area contributed by atoms with Gasteiger partial charge in [-0.1, -0.05) is 39.7 Å². The van der Waals surface area contributed by atoms with Crippen LogP contribution in [0.15, 0.2) is 77.3 Å². The highest BCUT2D eigenvalue weighted by Crippen LogP contribution is 2.28. The van der Waals surface area contributed by atoms with Crippen molar-refractivity contribution in [3.63, 3.8) is 0 Å². The maximum Gasteiger partial charge on any atom is 0.256 e. The second-order valence-corrected chi connectivity index (χ2v) is 9.51. The van der Waals surface area contributed by atoms with Gasteiger partial charge < -0.3 is 15.0 Å². The highest BCUT2D eigenvalue weighted by molar-refractivity contribution is 9.10. The van der Waals surface area contributed by atoms with Crippen molar-refractivity contribution in [2.45, 2.75) is 0 Å². The molecule has 2 heterocycles. The Hall–Kier alpha value is -3.26. The SMILES string of the molecule is O=C(Nc1ccc(C(=O)N2CCOCC2)cc1)c1cc(-c2ccc(Cl)cc2)nc2ccc(Br)cc12. The van der Waals surface area contributed by atoms with E-state index in [1.54, 1.807) is 47.4 Å². The number of morpholine rings is 1. The predicted molar refractivity (Wildman–Crippen MR) is 141 cm³/mol. The Kier molecular flexibility index (Phi) is 6.81. The van der Waals surface area contributed by atoms with Gasteiger partial charge in [-0.3, -0.25) is 9.59 Å². The predicted octanol–water partition coefficient (Wildman–Crippen LogP) is 6.04. The van der Waals surface area contributed by atoms with E-state index < -0.39 is 0 Å². The Labute approximate surface area is 216 Å². The third-order valence-electron chi connectivity index (χ3n) is 5.84. The fraction of sp³-hybridized carbons (Fsp3) is 0.148. The largest absolute Gasteiger partial charge is 0.378 e. The molecule has 1 N–H and O–H groups in total. The number of pyridine rings is 1. The van der Waals surface area contributed by atoms with Crippen LogP contribution in [-0.2, 0) is 4.74 Å². The topological polar surface area (TPSA) is 71.5 Å². The number of hydrogen-bond acceptors (Lipinski definition) is 4. The van der Waals surface area contributed by atoms with Crippen molar-refractivity contribution in [3.8, 4) is 11.3 Å². The van der Waals surface area contributed by atoms with Crippen molar-refractivity contribution >= 4 is 55.9 Å². The minimum absolute atomic E-state index is 0.0382. The number of amides is 2. The first-order valence-corrected chi connectivity index (χ1v) is 12.3. The summed E-state index contributed by atoms with van der Waals surface area (Å²) in [6.07, 6.45) is 0. The summed E-state index contributed by atoms with van der Waals surface area (Å²) in [5.41, 5.74) is 3.91. The number of hydrogen-bond donors (Lipinski definition) is 1. The first-order valence-electron chi connectivity index (χ1n) is 11.1. The average Bonchev–Trinajstić information content (AvgIpc) is 2.89. The van der Waals surface area contributed by atoms with Crippen molar-refractivity contribution in [2.75, 3.05) is 31.6 Å². The van der Waals surface area contributed by atoms with E-state index in [2.05, 4.69) is 21.2 Å². The molecule has 6 nitrogen and oxygen atoms in total. The molecule has 3 aromatic carbocycles. The highest BCUT2D eigenvalue weighted by atomic mass is 79.9. The molecule has 1 saturated heterocycles. The molecule has 0 aliphatic carbocycles. The van der Waals surface area contributed by atoms with Gasteiger partial charge >= 0.3 is 0 Å². The lowest BCUT2D eigenvalue weighted by Crippen LogP contribution is -2.40. The monoisotopic (exact) mass is 549 g/mol. The van der Waals surface area contributed by atoms with Gasteiger partial charge in [-0.15, -0.1) is 0 Å². The number of nitrogens with zero attached hydrogens (tertiary/aromatic N) is 2. The van der Waals surface area contributed by atoms with Crippen LogP contribution < -0.4 is 5.32 Å². The van der Waals surface area contributed by atoms with Crippen LogP contribution >= 0.6 is 27.5 Å². The second kappa shape index (κ2) is 10.2. The number of carbonyl (C=O) groups is 2. The molecule has 5 rings (SSSR count). The lowest BCUT2D eigenvalue weighted by atomic mass is 10.0. The molecular weight excluding hydrogens is 530 g/mol. The lowest BCUT2D eigenvalue weighted by Gasteiger charge is -2.26. The molecule has 1 fully saturated rings. The molecule has 35 heavy (non-hydrogen) atoms. The van der Waals surface area contributed by atoms with E-state index in [0.29, 0.717) is 59.4 Å². The number of halogens is 2. The zero-order valence-electron chi connectivity index (χ0n) is 18.6. The minimum atomic E-state index is -0.266.